The number of ether oxygens (including phenoxy) is 1. The van der Waals surface area contributed by atoms with Crippen molar-refractivity contribution >= 4 is 29.6 Å². The van der Waals surface area contributed by atoms with E-state index in [2.05, 4.69) is 17.1 Å². The zero-order valence-corrected chi connectivity index (χ0v) is 30.9. The number of nitrogens with two attached hydrogens (primary N) is 3. The van der Waals surface area contributed by atoms with Crippen molar-refractivity contribution in [3.05, 3.63) is 0 Å². The molecule has 0 aliphatic heterocycles. The molecule has 3 fully saturated rings. The van der Waals surface area contributed by atoms with Gasteiger partial charge in [0.15, 0.2) is 5.78 Å². The lowest BCUT2D eigenvalue weighted by Crippen LogP contribution is -2.60. The molecule has 0 saturated heterocycles. The fourth-order valence-corrected chi connectivity index (χ4v) is 7.72. The third-order valence-electron chi connectivity index (χ3n) is 11.0. The molecule has 2 unspecified atom stereocenters. The average molecular weight is 709 g/mol. The van der Waals surface area contributed by atoms with Crippen molar-refractivity contribution < 1.29 is 33.5 Å². The average Bonchev–Trinajstić information content (AvgIpc) is 3.12. The predicted octanol–water partition coefficient (Wildman–Crippen LogP) is 2.37. The Morgan fingerprint density at radius 3 is 2.06 bits per heavy atom. The van der Waals surface area contributed by atoms with Gasteiger partial charge in [-0.1, -0.05) is 39.0 Å². The minimum atomic E-state index is -0.955. The Bertz CT molecular complexity index is 1130. The molecule has 286 valence electrons. The van der Waals surface area contributed by atoms with E-state index in [0.717, 1.165) is 57.8 Å². The summed E-state index contributed by atoms with van der Waals surface area (Å²) >= 11 is 0. The van der Waals surface area contributed by atoms with E-state index < -0.39 is 11.5 Å². The van der Waals surface area contributed by atoms with Crippen LogP contribution in [0.3, 0.4) is 0 Å². The summed E-state index contributed by atoms with van der Waals surface area (Å²) in [7, 11) is 1.57. The maximum atomic E-state index is 13.8. The van der Waals surface area contributed by atoms with Crippen LogP contribution in [0, 0.1) is 11.8 Å². The topological polar surface area (TPSA) is 207 Å². The highest BCUT2D eigenvalue weighted by Gasteiger charge is 2.37. The van der Waals surface area contributed by atoms with Gasteiger partial charge in [0.1, 0.15) is 0 Å². The second kappa shape index (κ2) is 20.3. The van der Waals surface area contributed by atoms with Crippen molar-refractivity contribution in [1.29, 1.82) is 0 Å². The number of carbonyl (C=O) groups is 5. The van der Waals surface area contributed by atoms with E-state index in [1.54, 1.807) is 7.11 Å². The molecule has 0 aromatic carbocycles. The molecule has 0 heterocycles. The third-order valence-corrected chi connectivity index (χ3v) is 11.0. The SMILES string of the molecule is COCCCN(CC(=O)C(C)(C)NC1CCC(N(N)C(=O)N(N)C2CCCCC2C)CC1)C(=O)CN(CCC(=O)ON)C(=O)C1CCCCC1. The Morgan fingerprint density at radius 1 is 0.800 bits per heavy atom. The molecule has 15 nitrogen and oxygen atoms in total. The van der Waals surface area contributed by atoms with Gasteiger partial charge in [-0.2, -0.15) is 5.90 Å². The van der Waals surface area contributed by atoms with Crippen molar-refractivity contribution in [3.63, 3.8) is 0 Å². The summed E-state index contributed by atoms with van der Waals surface area (Å²) in [4.78, 5) is 73.2. The lowest BCUT2D eigenvalue weighted by Gasteiger charge is -2.41. The van der Waals surface area contributed by atoms with E-state index in [9.17, 15) is 24.0 Å². The van der Waals surface area contributed by atoms with Gasteiger partial charge in [-0.25, -0.2) is 16.5 Å². The highest BCUT2D eigenvalue weighted by molar-refractivity contribution is 5.93. The number of nitrogens with one attached hydrogen (secondary N) is 1. The number of nitrogens with zero attached hydrogens (tertiary/aromatic N) is 4. The maximum Gasteiger partial charge on any atom is 0.348 e. The fourth-order valence-electron chi connectivity index (χ4n) is 7.72. The van der Waals surface area contributed by atoms with E-state index in [-0.39, 0.29) is 80.3 Å². The summed E-state index contributed by atoms with van der Waals surface area (Å²) in [6.07, 6.45) is 11.7. The summed E-state index contributed by atoms with van der Waals surface area (Å²) in [6.45, 7) is 6.03. The van der Waals surface area contributed by atoms with Crippen LogP contribution in [0.1, 0.15) is 117 Å². The minimum Gasteiger partial charge on any atom is -0.385 e. The molecule has 4 amide bonds. The quantitative estimate of drug-likeness (QED) is 0.0747. The highest BCUT2D eigenvalue weighted by atomic mass is 16.7. The van der Waals surface area contributed by atoms with Crippen molar-refractivity contribution in [2.45, 2.75) is 141 Å². The highest BCUT2D eigenvalue weighted by Crippen LogP contribution is 2.29. The molecule has 3 rings (SSSR count). The molecular weight excluding hydrogens is 644 g/mol. The molecule has 0 radical (unpaired) electrons. The van der Waals surface area contributed by atoms with E-state index in [0.29, 0.717) is 44.6 Å². The zero-order valence-electron chi connectivity index (χ0n) is 30.9. The lowest BCUT2D eigenvalue weighted by atomic mass is 9.85. The van der Waals surface area contributed by atoms with Crippen LogP contribution in [0.5, 0.6) is 0 Å². The summed E-state index contributed by atoms with van der Waals surface area (Å²) in [5.41, 5.74) is -0.955. The van der Waals surface area contributed by atoms with Gasteiger partial charge >= 0.3 is 12.0 Å². The number of carbonyl (C=O) groups excluding carboxylic acids is 5. The van der Waals surface area contributed by atoms with E-state index in [1.807, 2.05) is 13.8 Å². The standard InChI is InChI=1S/C35H64N8O7/c1-25-11-8-9-14-29(25)43(37)34(48)42(36)28-17-15-27(16-18-28)39-35(2,3)30(44)23-40(20-10-22-49-4)31(45)24-41(21-19-32(46)50-38)33(47)26-12-6-5-7-13-26/h25-29,39H,5-24,36-38H2,1-4H3. The van der Waals surface area contributed by atoms with Crippen LogP contribution in [-0.4, -0.2) is 113 Å². The summed E-state index contributed by atoms with van der Waals surface area (Å²) < 4.78 is 5.20. The van der Waals surface area contributed by atoms with Gasteiger partial charge in [0.05, 0.1) is 37.1 Å². The summed E-state index contributed by atoms with van der Waals surface area (Å²) in [5.74, 6) is 16.4. The first-order valence-corrected chi connectivity index (χ1v) is 18.7. The largest absolute Gasteiger partial charge is 0.385 e. The maximum absolute atomic E-state index is 13.8. The number of amides is 4. The molecule has 3 saturated carbocycles. The Kier molecular flexibility index (Phi) is 16.8. The normalized spacial score (nSPS) is 23.1. The molecule has 7 N–H and O–H groups in total. The molecule has 2 atom stereocenters. The van der Waals surface area contributed by atoms with Crippen LogP contribution in [-0.2, 0) is 28.8 Å². The number of Topliss-reactive ketones (excluding diaryl/α,β-unsaturated/α-hetero) is 1. The van der Waals surface area contributed by atoms with Crippen LogP contribution in [0.4, 0.5) is 4.79 Å². The minimum absolute atomic E-state index is 0.00152. The lowest BCUT2D eigenvalue weighted by molar-refractivity contribution is -0.148. The van der Waals surface area contributed by atoms with Gasteiger partial charge in [0, 0.05) is 38.8 Å². The summed E-state index contributed by atoms with van der Waals surface area (Å²) in [6, 6.07) is -0.496. The molecule has 0 spiro atoms. The Balaban J connectivity index is 1.59. The molecule has 0 aromatic rings. The van der Waals surface area contributed by atoms with Crippen molar-refractivity contribution in [3.8, 4) is 0 Å². The number of hydrogen-bond acceptors (Lipinski definition) is 11. The molecular formula is C35H64N8O7. The number of ketones is 1. The Hall–Kier alpha value is -2.85. The van der Waals surface area contributed by atoms with Gasteiger partial charge in [0.25, 0.3) is 0 Å². The molecule has 50 heavy (non-hydrogen) atoms. The van der Waals surface area contributed by atoms with Crippen LogP contribution in [0.15, 0.2) is 0 Å². The molecule has 0 bridgehead atoms. The van der Waals surface area contributed by atoms with Crippen LogP contribution < -0.4 is 22.9 Å². The van der Waals surface area contributed by atoms with Crippen LogP contribution >= 0.6 is 0 Å². The molecule has 3 aliphatic carbocycles. The van der Waals surface area contributed by atoms with Crippen molar-refractivity contribution in [1.82, 2.24) is 25.1 Å². The second-order valence-electron chi connectivity index (χ2n) is 15.1. The number of methoxy groups -OCH3 is 1. The predicted molar refractivity (Wildman–Crippen MR) is 188 cm³/mol. The van der Waals surface area contributed by atoms with E-state index >= 15 is 0 Å². The number of hydrazine groups is 2. The van der Waals surface area contributed by atoms with E-state index in [4.69, 9.17) is 22.3 Å². The van der Waals surface area contributed by atoms with Crippen LogP contribution in [0.2, 0.25) is 0 Å². The van der Waals surface area contributed by atoms with Gasteiger partial charge in [0.2, 0.25) is 11.8 Å². The third kappa shape index (κ3) is 12.1. The van der Waals surface area contributed by atoms with Crippen molar-refractivity contribution in [2.24, 2.45) is 29.4 Å². The van der Waals surface area contributed by atoms with Crippen LogP contribution in [0.25, 0.3) is 0 Å². The first-order valence-electron chi connectivity index (χ1n) is 18.7. The van der Waals surface area contributed by atoms with Gasteiger partial charge in [-0.05, 0) is 77.6 Å². The fraction of sp³-hybridized carbons (Fsp3) is 0.857. The van der Waals surface area contributed by atoms with Gasteiger partial charge in [-0.3, -0.25) is 29.2 Å². The first kappa shape index (κ1) is 41.6. The first-order chi connectivity index (χ1) is 23.8. The Labute approximate surface area is 298 Å². The monoisotopic (exact) mass is 708 g/mol. The number of urea groups is 1. The number of rotatable bonds is 17. The smallest absolute Gasteiger partial charge is 0.348 e. The Morgan fingerprint density at radius 2 is 1.44 bits per heavy atom. The van der Waals surface area contributed by atoms with Gasteiger partial charge < -0.3 is 24.7 Å². The molecule has 0 aromatic heterocycles. The van der Waals surface area contributed by atoms with Crippen molar-refractivity contribution in [2.75, 3.05) is 39.9 Å². The summed E-state index contributed by atoms with van der Waals surface area (Å²) in [5, 5.41) is 6.12. The zero-order chi connectivity index (χ0) is 36.8. The molecule has 3 aliphatic rings. The number of hydrogen-bond donors (Lipinski definition) is 4. The van der Waals surface area contributed by atoms with E-state index in [1.165, 1.54) is 19.8 Å². The second-order valence-corrected chi connectivity index (χ2v) is 15.1. The molecule has 15 heteroatoms. The van der Waals surface area contributed by atoms with Gasteiger partial charge in [-0.15, -0.1) is 0 Å².